The molecule has 1 unspecified atom stereocenters. The van der Waals surface area contributed by atoms with Crippen LogP contribution in [0.15, 0.2) is 52.0 Å². The number of benzene rings is 2. The number of halogens is 4. The highest BCUT2D eigenvalue weighted by Gasteiger charge is 2.19. The van der Waals surface area contributed by atoms with Gasteiger partial charge in [-0.15, -0.1) is 0 Å². The van der Waals surface area contributed by atoms with E-state index in [4.69, 9.17) is 10.5 Å². The van der Waals surface area contributed by atoms with Gasteiger partial charge >= 0.3 is 0 Å². The van der Waals surface area contributed by atoms with E-state index in [1.807, 2.05) is 0 Å². The Balaban J connectivity index is 1.86. The first kappa shape index (κ1) is 19.9. The van der Waals surface area contributed by atoms with Crippen molar-refractivity contribution in [2.24, 2.45) is 0 Å². The quantitative estimate of drug-likeness (QED) is 0.587. The van der Waals surface area contributed by atoms with E-state index in [1.165, 1.54) is 29.1 Å². The smallest absolute Gasteiger partial charge is 0.272 e. The highest BCUT2D eigenvalue weighted by atomic mass is 79.9. The number of nitrogen functional groups attached to an aromatic ring is 1. The topological polar surface area (TPSA) is 70.1 Å². The van der Waals surface area contributed by atoms with Gasteiger partial charge in [0.2, 0.25) is 5.88 Å². The van der Waals surface area contributed by atoms with Crippen LogP contribution in [0.5, 0.6) is 5.88 Å². The lowest BCUT2D eigenvalue weighted by Gasteiger charge is -2.18. The van der Waals surface area contributed by atoms with Gasteiger partial charge in [-0.05, 0) is 41.1 Å². The van der Waals surface area contributed by atoms with Crippen molar-refractivity contribution in [3.8, 4) is 5.88 Å². The molecule has 3 aromatic rings. The maximum absolute atomic E-state index is 14.3. The fourth-order valence-electron chi connectivity index (χ4n) is 2.63. The van der Waals surface area contributed by atoms with Crippen molar-refractivity contribution in [2.45, 2.75) is 19.6 Å². The van der Waals surface area contributed by atoms with Crippen LogP contribution < -0.4 is 16.0 Å². The fourth-order valence-corrected chi connectivity index (χ4v) is 3.05. The zero-order valence-corrected chi connectivity index (χ0v) is 16.2. The van der Waals surface area contributed by atoms with Gasteiger partial charge in [0, 0.05) is 17.2 Å². The molecule has 0 aliphatic carbocycles. The second-order valence-electron chi connectivity index (χ2n) is 6.03. The summed E-state index contributed by atoms with van der Waals surface area (Å²) in [5, 5.41) is 0. The van der Waals surface area contributed by atoms with Gasteiger partial charge in [0.05, 0.1) is 11.7 Å². The Labute approximate surface area is 166 Å². The van der Waals surface area contributed by atoms with Crippen LogP contribution in [0.4, 0.5) is 18.9 Å². The molecule has 9 heteroatoms. The Hall–Kier alpha value is -2.81. The molecule has 0 saturated carbocycles. The third kappa shape index (κ3) is 3.89. The minimum atomic E-state index is -0.768. The minimum absolute atomic E-state index is 0.00585. The lowest BCUT2D eigenvalue weighted by Crippen LogP contribution is -2.26. The van der Waals surface area contributed by atoms with Crippen LogP contribution in [-0.2, 0) is 6.61 Å². The first-order valence-electron chi connectivity index (χ1n) is 8.16. The van der Waals surface area contributed by atoms with Crippen molar-refractivity contribution < 1.29 is 17.9 Å². The molecule has 146 valence electrons. The van der Waals surface area contributed by atoms with E-state index < -0.39 is 29.1 Å². The second-order valence-corrected chi connectivity index (χ2v) is 6.82. The molecule has 3 rings (SSSR count). The van der Waals surface area contributed by atoms with Gasteiger partial charge in [-0.3, -0.25) is 9.36 Å². The summed E-state index contributed by atoms with van der Waals surface area (Å²) in [6.45, 7) is 1.38. The van der Waals surface area contributed by atoms with Crippen LogP contribution in [-0.4, -0.2) is 9.55 Å². The van der Waals surface area contributed by atoms with E-state index in [2.05, 4.69) is 20.9 Å². The Morgan fingerprint density at radius 2 is 2.00 bits per heavy atom. The van der Waals surface area contributed by atoms with Crippen molar-refractivity contribution in [2.75, 3.05) is 5.73 Å². The number of anilines is 1. The van der Waals surface area contributed by atoms with Crippen molar-refractivity contribution in [3.05, 3.63) is 86.1 Å². The van der Waals surface area contributed by atoms with Gasteiger partial charge in [-0.25, -0.2) is 18.2 Å². The Morgan fingerprint density at radius 1 is 1.25 bits per heavy atom. The summed E-state index contributed by atoms with van der Waals surface area (Å²) < 4.78 is 47.5. The Morgan fingerprint density at radius 3 is 2.71 bits per heavy atom. The maximum atomic E-state index is 14.3. The molecule has 1 heterocycles. The third-order valence-corrected chi connectivity index (χ3v) is 4.89. The van der Waals surface area contributed by atoms with E-state index in [1.54, 1.807) is 13.0 Å². The summed E-state index contributed by atoms with van der Waals surface area (Å²) >= 11 is 3.12. The average molecular weight is 454 g/mol. The molecule has 28 heavy (non-hydrogen) atoms. The summed E-state index contributed by atoms with van der Waals surface area (Å²) in [4.78, 5) is 16.7. The van der Waals surface area contributed by atoms with Gasteiger partial charge in [-0.2, -0.15) is 0 Å². The van der Waals surface area contributed by atoms with Crippen LogP contribution >= 0.6 is 15.9 Å². The first-order valence-corrected chi connectivity index (χ1v) is 8.96. The number of rotatable bonds is 5. The van der Waals surface area contributed by atoms with Crippen LogP contribution in [0.1, 0.15) is 24.1 Å². The van der Waals surface area contributed by atoms with E-state index in [9.17, 15) is 18.0 Å². The normalized spacial score (nSPS) is 12.0. The van der Waals surface area contributed by atoms with Gasteiger partial charge < -0.3 is 10.5 Å². The van der Waals surface area contributed by atoms with Gasteiger partial charge in [0.15, 0.2) is 5.82 Å². The number of ether oxygens (including phenoxy) is 1. The van der Waals surface area contributed by atoms with Gasteiger partial charge in [0.25, 0.3) is 5.56 Å². The van der Waals surface area contributed by atoms with Crippen molar-refractivity contribution in [1.29, 1.82) is 0 Å². The fraction of sp³-hybridized carbons (Fsp3) is 0.158. The molecule has 0 amide bonds. The predicted octanol–water partition coefficient (Wildman–Crippen LogP) is 4.19. The Kier molecular flexibility index (Phi) is 5.73. The molecular weight excluding hydrogens is 439 g/mol. The summed E-state index contributed by atoms with van der Waals surface area (Å²) in [7, 11) is 0. The standard InChI is InChI=1S/C19H15BrF3N3O2/c1-10(13-3-2-4-15(24)17(13)23)26-9-25-18(16(20)19(26)27)28-8-11-5-6-12(21)7-14(11)22/h2-7,9-10H,8,24H2,1H3. The number of aromatic nitrogens is 2. The van der Waals surface area contributed by atoms with Crippen molar-refractivity contribution in [3.63, 3.8) is 0 Å². The zero-order chi connectivity index (χ0) is 20.4. The third-order valence-electron chi connectivity index (χ3n) is 4.21. The highest BCUT2D eigenvalue weighted by molar-refractivity contribution is 9.10. The average Bonchev–Trinajstić information content (AvgIpc) is 2.66. The summed E-state index contributed by atoms with van der Waals surface area (Å²) in [6.07, 6.45) is 1.21. The van der Waals surface area contributed by atoms with Crippen LogP contribution in [0.25, 0.3) is 0 Å². The van der Waals surface area contributed by atoms with Crippen LogP contribution in [0, 0.1) is 17.5 Å². The molecule has 0 aliphatic heterocycles. The molecule has 0 bridgehead atoms. The van der Waals surface area contributed by atoms with Gasteiger partial charge in [-0.1, -0.05) is 12.1 Å². The molecule has 0 radical (unpaired) electrons. The molecular formula is C19H15BrF3N3O2. The Bertz CT molecular complexity index is 1090. The first-order chi connectivity index (χ1) is 13.3. The van der Waals surface area contributed by atoms with Crippen LogP contribution in [0.2, 0.25) is 0 Å². The molecule has 0 aliphatic rings. The van der Waals surface area contributed by atoms with Crippen molar-refractivity contribution in [1.82, 2.24) is 9.55 Å². The number of hydrogen-bond donors (Lipinski definition) is 1. The van der Waals surface area contributed by atoms with Gasteiger partial charge in [0.1, 0.15) is 29.0 Å². The maximum Gasteiger partial charge on any atom is 0.272 e. The largest absolute Gasteiger partial charge is 0.472 e. The van der Waals surface area contributed by atoms with E-state index >= 15 is 0 Å². The van der Waals surface area contributed by atoms with Crippen LogP contribution in [0.3, 0.4) is 0 Å². The zero-order valence-electron chi connectivity index (χ0n) is 14.6. The minimum Gasteiger partial charge on any atom is -0.472 e. The predicted molar refractivity (Wildman–Crippen MR) is 102 cm³/mol. The van der Waals surface area contributed by atoms with E-state index in [0.29, 0.717) is 0 Å². The SMILES string of the molecule is CC(c1cccc(N)c1F)n1cnc(OCc2ccc(F)cc2F)c(Br)c1=O. The lowest BCUT2D eigenvalue weighted by molar-refractivity contribution is 0.282. The molecule has 0 spiro atoms. The second kappa shape index (κ2) is 8.05. The molecule has 2 N–H and O–H groups in total. The molecule has 1 atom stereocenters. The molecule has 0 fully saturated rings. The summed E-state index contributed by atoms with van der Waals surface area (Å²) in [5.41, 5.74) is 5.39. The summed E-state index contributed by atoms with van der Waals surface area (Å²) in [6, 6.07) is 6.94. The molecule has 0 saturated heterocycles. The highest BCUT2D eigenvalue weighted by Crippen LogP contribution is 2.25. The lowest BCUT2D eigenvalue weighted by atomic mass is 10.1. The van der Waals surface area contributed by atoms with E-state index in [0.717, 1.165) is 12.1 Å². The number of nitrogens with two attached hydrogens (primary N) is 1. The molecule has 5 nitrogen and oxygen atoms in total. The molecule has 1 aromatic heterocycles. The summed E-state index contributed by atoms with van der Waals surface area (Å²) in [5.74, 6) is -2.14. The molecule has 2 aromatic carbocycles. The van der Waals surface area contributed by atoms with E-state index in [-0.39, 0.29) is 33.8 Å². The van der Waals surface area contributed by atoms with Crippen molar-refractivity contribution >= 4 is 21.6 Å². The number of hydrogen-bond acceptors (Lipinski definition) is 4. The number of nitrogens with zero attached hydrogens (tertiary/aromatic N) is 2. The monoisotopic (exact) mass is 453 g/mol.